The van der Waals surface area contributed by atoms with Crippen LogP contribution in [0.4, 0.5) is 4.39 Å². The maximum Gasteiger partial charge on any atom is 0.248 e. The van der Waals surface area contributed by atoms with Gasteiger partial charge in [-0.3, -0.25) is 14.8 Å². The minimum Gasteiger partial charge on any atom is -0.350 e. The van der Waals surface area contributed by atoms with E-state index in [-0.39, 0.29) is 30.1 Å². The standard InChI is InChI=1S/C21H25FN2O3/c22-17-8-3-15(4-9-17)13-19(21(26)23-18-10-11-18)16-6-1-14(2-7-16)5-12-20(25)24-27/h1-3,6,8,13,16,18,27H,4-5,7,9-12H2,(H,23,26)(H,24,25)/b19-13+. The summed E-state index contributed by atoms with van der Waals surface area (Å²) in [5.41, 5.74) is 4.30. The third-order valence-corrected chi connectivity index (χ3v) is 4.99. The summed E-state index contributed by atoms with van der Waals surface area (Å²) in [5.74, 6) is -0.649. The van der Waals surface area contributed by atoms with Crippen LogP contribution in [0.2, 0.25) is 0 Å². The number of carbonyl (C=O) groups is 2. The Balaban J connectivity index is 1.70. The second-order valence-corrected chi connectivity index (χ2v) is 7.22. The molecule has 1 atom stereocenters. The van der Waals surface area contributed by atoms with Gasteiger partial charge in [-0.25, -0.2) is 9.87 Å². The van der Waals surface area contributed by atoms with Crippen molar-refractivity contribution in [2.45, 2.75) is 51.0 Å². The fraction of sp³-hybridized carbons (Fsp3) is 0.429. The average molecular weight is 372 g/mol. The van der Waals surface area contributed by atoms with Crippen molar-refractivity contribution in [3.8, 4) is 0 Å². The van der Waals surface area contributed by atoms with Crippen LogP contribution in [0, 0.1) is 5.92 Å². The van der Waals surface area contributed by atoms with Crippen molar-refractivity contribution in [3.05, 3.63) is 59.0 Å². The lowest BCUT2D eigenvalue weighted by Crippen LogP contribution is -2.30. The first kappa shape index (κ1) is 19.3. The summed E-state index contributed by atoms with van der Waals surface area (Å²) in [6.45, 7) is 0. The zero-order valence-corrected chi connectivity index (χ0v) is 15.2. The Bertz CT molecular complexity index is 757. The molecule has 2 amide bonds. The number of hydrogen-bond donors (Lipinski definition) is 3. The van der Waals surface area contributed by atoms with Crippen LogP contribution in [-0.4, -0.2) is 23.1 Å². The van der Waals surface area contributed by atoms with E-state index < -0.39 is 5.91 Å². The molecule has 0 spiro atoms. The molecule has 3 aliphatic carbocycles. The molecule has 0 bridgehead atoms. The van der Waals surface area contributed by atoms with Gasteiger partial charge in [-0.15, -0.1) is 0 Å². The van der Waals surface area contributed by atoms with Gasteiger partial charge in [-0.05, 0) is 49.8 Å². The van der Waals surface area contributed by atoms with E-state index in [0.717, 1.165) is 24.0 Å². The van der Waals surface area contributed by atoms with Gasteiger partial charge in [0.15, 0.2) is 0 Å². The van der Waals surface area contributed by atoms with E-state index in [1.54, 1.807) is 11.6 Å². The number of halogens is 1. The normalized spacial score (nSPS) is 22.5. The van der Waals surface area contributed by atoms with Crippen molar-refractivity contribution in [1.82, 2.24) is 10.8 Å². The summed E-state index contributed by atoms with van der Waals surface area (Å²) in [6.07, 6.45) is 15.5. The van der Waals surface area contributed by atoms with Crippen LogP contribution in [0.1, 0.15) is 44.9 Å². The first-order valence-corrected chi connectivity index (χ1v) is 9.43. The van der Waals surface area contributed by atoms with Crippen LogP contribution in [0.5, 0.6) is 0 Å². The topological polar surface area (TPSA) is 78.4 Å². The Morgan fingerprint density at radius 3 is 2.67 bits per heavy atom. The molecule has 0 aliphatic heterocycles. The third-order valence-electron chi connectivity index (χ3n) is 4.99. The van der Waals surface area contributed by atoms with Gasteiger partial charge in [0.2, 0.25) is 11.8 Å². The summed E-state index contributed by atoms with van der Waals surface area (Å²) >= 11 is 0. The molecular weight excluding hydrogens is 347 g/mol. The fourth-order valence-electron chi connectivity index (χ4n) is 3.18. The predicted molar refractivity (Wildman–Crippen MR) is 100 cm³/mol. The second kappa shape index (κ2) is 8.95. The van der Waals surface area contributed by atoms with E-state index in [4.69, 9.17) is 5.21 Å². The molecule has 1 fully saturated rings. The van der Waals surface area contributed by atoms with Crippen LogP contribution in [0.15, 0.2) is 59.0 Å². The molecule has 3 aliphatic rings. The van der Waals surface area contributed by atoms with Gasteiger partial charge in [0.05, 0.1) is 0 Å². The van der Waals surface area contributed by atoms with Gasteiger partial charge in [0, 0.05) is 30.4 Å². The average Bonchev–Trinajstić information content (AvgIpc) is 3.50. The lowest BCUT2D eigenvalue weighted by molar-refractivity contribution is -0.129. The molecule has 0 radical (unpaired) electrons. The summed E-state index contributed by atoms with van der Waals surface area (Å²) in [7, 11) is 0. The molecule has 1 saturated carbocycles. The molecule has 1 unspecified atom stereocenters. The van der Waals surface area contributed by atoms with E-state index >= 15 is 0 Å². The quantitative estimate of drug-likeness (QED) is 0.363. The first-order valence-electron chi connectivity index (χ1n) is 9.43. The highest BCUT2D eigenvalue weighted by Crippen LogP contribution is 2.30. The van der Waals surface area contributed by atoms with Crippen molar-refractivity contribution in [1.29, 1.82) is 0 Å². The highest BCUT2D eigenvalue weighted by molar-refractivity contribution is 5.95. The SMILES string of the molecule is O=C(CCC1=CCC(/C(=C\C2=CC=C(F)CC2)C(=O)NC2CC2)C=C1)NO. The summed E-state index contributed by atoms with van der Waals surface area (Å²) < 4.78 is 13.2. The van der Waals surface area contributed by atoms with Crippen molar-refractivity contribution in [2.75, 3.05) is 0 Å². The Hall–Kier alpha value is -2.47. The maximum absolute atomic E-state index is 13.2. The van der Waals surface area contributed by atoms with E-state index in [9.17, 15) is 14.0 Å². The Morgan fingerprint density at radius 2 is 2.07 bits per heavy atom. The number of rotatable bonds is 7. The van der Waals surface area contributed by atoms with Crippen molar-refractivity contribution in [2.24, 2.45) is 5.92 Å². The minimum absolute atomic E-state index is 0.0455. The lowest BCUT2D eigenvalue weighted by Gasteiger charge is -2.20. The van der Waals surface area contributed by atoms with E-state index in [1.165, 1.54) is 6.08 Å². The van der Waals surface area contributed by atoms with E-state index in [0.29, 0.717) is 31.3 Å². The van der Waals surface area contributed by atoms with E-state index in [2.05, 4.69) is 5.32 Å². The van der Waals surface area contributed by atoms with Crippen molar-refractivity contribution < 1.29 is 19.2 Å². The molecule has 144 valence electrons. The van der Waals surface area contributed by atoms with Crippen LogP contribution in [-0.2, 0) is 9.59 Å². The Labute approximate surface area is 158 Å². The number of hydroxylamine groups is 1. The molecule has 0 aromatic heterocycles. The fourth-order valence-corrected chi connectivity index (χ4v) is 3.18. The van der Waals surface area contributed by atoms with Crippen LogP contribution >= 0.6 is 0 Å². The number of amides is 2. The Morgan fingerprint density at radius 1 is 1.26 bits per heavy atom. The number of carbonyl (C=O) groups excluding carboxylic acids is 2. The molecule has 0 aromatic carbocycles. The maximum atomic E-state index is 13.2. The predicted octanol–water partition coefficient (Wildman–Crippen LogP) is 3.55. The largest absolute Gasteiger partial charge is 0.350 e. The second-order valence-electron chi connectivity index (χ2n) is 7.22. The van der Waals surface area contributed by atoms with Gasteiger partial charge in [0.25, 0.3) is 0 Å². The molecule has 3 rings (SSSR count). The number of hydrogen-bond acceptors (Lipinski definition) is 3. The highest BCUT2D eigenvalue weighted by atomic mass is 19.1. The highest BCUT2D eigenvalue weighted by Gasteiger charge is 2.27. The summed E-state index contributed by atoms with van der Waals surface area (Å²) in [5, 5.41) is 11.6. The minimum atomic E-state index is -0.416. The molecule has 0 aromatic rings. The van der Waals surface area contributed by atoms with Gasteiger partial charge in [0.1, 0.15) is 5.83 Å². The number of allylic oxidation sites excluding steroid dienone is 9. The molecular formula is C21H25FN2O3. The smallest absolute Gasteiger partial charge is 0.248 e. The molecule has 0 heterocycles. The molecule has 3 N–H and O–H groups in total. The summed E-state index contributed by atoms with van der Waals surface area (Å²) in [6, 6.07) is 0.272. The molecule has 27 heavy (non-hydrogen) atoms. The monoisotopic (exact) mass is 372 g/mol. The Kier molecular flexibility index (Phi) is 6.40. The van der Waals surface area contributed by atoms with E-state index in [1.807, 2.05) is 24.3 Å². The van der Waals surface area contributed by atoms with Gasteiger partial charge >= 0.3 is 0 Å². The first-order chi connectivity index (χ1) is 13.0. The van der Waals surface area contributed by atoms with Crippen LogP contribution in [0.3, 0.4) is 0 Å². The molecule has 6 heteroatoms. The third kappa shape index (κ3) is 5.76. The van der Waals surface area contributed by atoms with Crippen LogP contribution < -0.4 is 10.8 Å². The molecule has 5 nitrogen and oxygen atoms in total. The zero-order valence-electron chi connectivity index (χ0n) is 15.2. The van der Waals surface area contributed by atoms with Gasteiger partial charge in [-0.2, -0.15) is 0 Å². The number of nitrogens with one attached hydrogen (secondary N) is 2. The summed E-state index contributed by atoms with van der Waals surface area (Å²) in [4.78, 5) is 23.9. The van der Waals surface area contributed by atoms with Gasteiger partial charge < -0.3 is 5.32 Å². The zero-order chi connectivity index (χ0) is 19.2. The van der Waals surface area contributed by atoms with Crippen molar-refractivity contribution >= 4 is 11.8 Å². The van der Waals surface area contributed by atoms with Crippen LogP contribution in [0.25, 0.3) is 0 Å². The van der Waals surface area contributed by atoms with Gasteiger partial charge in [-0.1, -0.05) is 29.9 Å². The molecule has 0 saturated heterocycles. The lowest BCUT2D eigenvalue weighted by atomic mass is 9.86. The van der Waals surface area contributed by atoms with Crippen molar-refractivity contribution in [3.63, 3.8) is 0 Å².